The van der Waals surface area contributed by atoms with Crippen LogP contribution < -0.4 is 5.32 Å². The van der Waals surface area contributed by atoms with Gasteiger partial charge in [-0.2, -0.15) is 0 Å². The molecule has 2 heterocycles. The van der Waals surface area contributed by atoms with Gasteiger partial charge >= 0.3 is 0 Å². The summed E-state index contributed by atoms with van der Waals surface area (Å²) in [4.78, 5) is 26.7. The van der Waals surface area contributed by atoms with Crippen LogP contribution in [0.1, 0.15) is 22.0 Å². The number of aromatic hydroxyl groups is 1. The summed E-state index contributed by atoms with van der Waals surface area (Å²) in [6.07, 6.45) is -0.613. The molecule has 4 rings (SSSR count). The van der Waals surface area contributed by atoms with Crippen LogP contribution in [0.3, 0.4) is 0 Å². The van der Waals surface area contributed by atoms with Crippen LogP contribution in [0.5, 0.6) is 5.75 Å². The Labute approximate surface area is 132 Å². The summed E-state index contributed by atoms with van der Waals surface area (Å²) >= 11 is 0. The van der Waals surface area contributed by atoms with Crippen LogP contribution in [0.15, 0.2) is 48.5 Å². The van der Waals surface area contributed by atoms with E-state index in [-0.39, 0.29) is 11.7 Å². The number of benzene rings is 2. The van der Waals surface area contributed by atoms with Crippen molar-refractivity contribution in [2.75, 3.05) is 12.4 Å². The van der Waals surface area contributed by atoms with Crippen LogP contribution >= 0.6 is 0 Å². The number of rotatable bonds is 1. The number of carbonyl (C=O) groups is 2. The number of phenolic OH excluding ortho intramolecular Hbond substituents is 1. The lowest BCUT2D eigenvalue weighted by molar-refractivity contribution is -0.125. The molecule has 0 aliphatic carbocycles. The van der Waals surface area contributed by atoms with Crippen molar-refractivity contribution in [3.8, 4) is 5.75 Å². The molecule has 6 nitrogen and oxygen atoms in total. The summed E-state index contributed by atoms with van der Waals surface area (Å²) in [7, 11) is 1.55. The fourth-order valence-electron chi connectivity index (χ4n) is 3.03. The number of ether oxygens (including phenoxy) is 1. The Morgan fingerprint density at radius 2 is 1.96 bits per heavy atom. The number of phenols is 1. The summed E-state index contributed by atoms with van der Waals surface area (Å²) < 4.78 is 5.67. The van der Waals surface area contributed by atoms with E-state index in [9.17, 15) is 14.7 Å². The zero-order valence-electron chi connectivity index (χ0n) is 12.3. The van der Waals surface area contributed by atoms with E-state index >= 15 is 0 Å². The van der Waals surface area contributed by atoms with Gasteiger partial charge in [-0.15, -0.1) is 0 Å². The van der Waals surface area contributed by atoms with Crippen molar-refractivity contribution < 1.29 is 19.4 Å². The van der Waals surface area contributed by atoms with Gasteiger partial charge in [-0.3, -0.25) is 9.59 Å². The van der Waals surface area contributed by atoms with Crippen molar-refractivity contribution in [1.29, 1.82) is 0 Å². The second kappa shape index (κ2) is 4.57. The molecule has 116 valence electrons. The maximum absolute atomic E-state index is 12.7. The average Bonchev–Trinajstić information content (AvgIpc) is 3.31. The highest BCUT2D eigenvalue weighted by atomic mass is 16.6. The Hall–Kier alpha value is -2.86. The van der Waals surface area contributed by atoms with Gasteiger partial charge < -0.3 is 20.1 Å². The fourth-order valence-corrected chi connectivity index (χ4v) is 3.03. The number of hydrogen-bond donors (Lipinski definition) is 2. The van der Waals surface area contributed by atoms with Crippen molar-refractivity contribution in [1.82, 2.24) is 4.90 Å². The van der Waals surface area contributed by atoms with Crippen LogP contribution in [0.4, 0.5) is 5.69 Å². The highest BCUT2D eigenvalue weighted by Crippen LogP contribution is 2.53. The first-order valence-electron chi connectivity index (χ1n) is 7.19. The van der Waals surface area contributed by atoms with Gasteiger partial charge in [-0.1, -0.05) is 24.3 Å². The maximum Gasteiger partial charge on any atom is 0.281 e. The van der Waals surface area contributed by atoms with Crippen LogP contribution in [0.25, 0.3) is 0 Å². The zero-order chi connectivity index (χ0) is 16.2. The predicted molar refractivity (Wildman–Crippen MR) is 81.8 cm³/mol. The van der Waals surface area contributed by atoms with E-state index in [1.54, 1.807) is 43.4 Å². The average molecular weight is 310 g/mol. The zero-order valence-corrected chi connectivity index (χ0v) is 12.3. The highest BCUT2D eigenvalue weighted by Gasteiger charge is 2.68. The minimum absolute atomic E-state index is 0.0828. The molecular formula is C17H14N2O4. The van der Waals surface area contributed by atoms with Crippen LogP contribution in [0, 0.1) is 0 Å². The molecule has 2 amide bonds. The SMILES string of the molecule is CN1C(=O)c2ccccc2NC(=O)[C@]12O[C@@H]2c1cccc(O)c1. The summed E-state index contributed by atoms with van der Waals surface area (Å²) in [5, 5.41) is 12.4. The third kappa shape index (κ3) is 1.85. The van der Waals surface area contributed by atoms with E-state index in [1.807, 2.05) is 0 Å². The molecule has 2 aliphatic heterocycles. The molecule has 1 spiro atoms. The number of likely N-dealkylation sites (N-methyl/N-ethyl adjacent to an activating group) is 1. The van der Waals surface area contributed by atoms with Crippen molar-refractivity contribution in [3.05, 3.63) is 59.7 Å². The van der Waals surface area contributed by atoms with E-state index in [0.717, 1.165) is 0 Å². The molecule has 1 fully saturated rings. The third-order valence-corrected chi connectivity index (χ3v) is 4.30. The van der Waals surface area contributed by atoms with Gasteiger partial charge in [0.05, 0.1) is 11.3 Å². The largest absolute Gasteiger partial charge is 0.508 e. The van der Waals surface area contributed by atoms with Gasteiger partial charge in [0.1, 0.15) is 11.9 Å². The molecule has 0 saturated carbocycles. The number of para-hydroxylation sites is 1. The quantitative estimate of drug-likeness (QED) is 0.788. The van der Waals surface area contributed by atoms with Gasteiger partial charge in [0.15, 0.2) is 0 Å². The minimum Gasteiger partial charge on any atom is -0.508 e. The molecule has 2 atom stereocenters. The molecule has 0 radical (unpaired) electrons. The number of fused-ring (bicyclic) bond motifs is 1. The van der Waals surface area contributed by atoms with E-state index in [2.05, 4.69) is 5.32 Å². The van der Waals surface area contributed by atoms with Crippen molar-refractivity contribution >= 4 is 17.5 Å². The molecule has 2 aromatic rings. The number of carbonyl (C=O) groups excluding carboxylic acids is 2. The summed E-state index contributed by atoms with van der Waals surface area (Å²) in [5.74, 6) is -0.604. The fraction of sp³-hybridized carbons (Fsp3) is 0.176. The van der Waals surface area contributed by atoms with Gasteiger partial charge in [-0.05, 0) is 29.8 Å². The second-order valence-electron chi connectivity index (χ2n) is 5.65. The highest BCUT2D eigenvalue weighted by molar-refractivity contribution is 6.12. The van der Waals surface area contributed by atoms with E-state index in [4.69, 9.17) is 4.74 Å². The molecule has 0 bridgehead atoms. The molecule has 2 aliphatic rings. The lowest BCUT2D eigenvalue weighted by Crippen LogP contribution is -2.46. The monoisotopic (exact) mass is 310 g/mol. The minimum atomic E-state index is -1.39. The topological polar surface area (TPSA) is 82.2 Å². The predicted octanol–water partition coefficient (Wildman–Crippen LogP) is 1.88. The van der Waals surface area contributed by atoms with Gasteiger partial charge in [-0.25, -0.2) is 0 Å². The number of epoxide rings is 1. The molecule has 23 heavy (non-hydrogen) atoms. The van der Waals surface area contributed by atoms with Gasteiger partial charge in [0.2, 0.25) is 0 Å². The number of amides is 2. The lowest BCUT2D eigenvalue weighted by atomic mass is 10.0. The number of nitrogens with one attached hydrogen (secondary N) is 1. The Balaban J connectivity index is 1.77. The van der Waals surface area contributed by atoms with Crippen LogP contribution in [-0.2, 0) is 9.53 Å². The molecule has 2 aromatic carbocycles. The molecule has 2 N–H and O–H groups in total. The molecule has 6 heteroatoms. The number of anilines is 1. The van der Waals surface area contributed by atoms with Crippen molar-refractivity contribution in [2.24, 2.45) is 0 Å². The first-order valence-corrected chi connectivity index (χ1v) is 7.19. The molecule has 0 aromatic heterocycles. The molecule has 1 saturated heterocycles. The smallest absolute Gasteiger partial charge is 0.281 e. The van der Waals surface area contributed by atoms with Crippen molar-refractivity contribution in [2.45, 2.75) is 11.8 Å². The molecular weight excluding hydrogens is 296 g/mol. The summed E-state index contributed by atoms with van der Waals surface area (Å²) in [5.41, 5.74) is 0.150. The number of nitrogens with zero attached hydrogens (tertiary/aromatic N) is 1. The van der Waals surface area contributed by atoms with Gasteiger partial charge in [0, 0.05) is 7.05 Å². The van der Waals surface area contributed by atoms with Crippen LogP contribution in [0.2, 0.25) is 0 Å². The third-order valence-electron chi connectivity index (χ3n) is 4.30. The Morgan fingerprint density at radius 3 is 2.74 bits per heavy atom. The van der Waals surface area contributed by atoms with Gasteiger partial charge in [0.25, 0.3) is 17.5 Å². The Bertz CT molecular complexity index is 835. The first-order chi connectivity index (χ1) is 11.0. The Morgan fingerprint density at radius 1 is 1.17 bits per heavy atom. The standard InChI is InChI=1S/C17H14N2O4/c1-19-15(21)12-7-2-3-8-13(12)18-16(22)17(19)14(23-17)10-5-4-6-11(20)9-10/h2-9,14,20H,1H3,(H,18,22)/t14-,17+/m1/s1. The molecule has 0 unspecified atom stereocenters. The summed E-state index contributed by atoms with van der Waals surface area (Å²) in [6, 6.07) is 13.3. The van der Waals surface area contributed by atoms with E-state index in [0.29, 0.717) is 16.8 Å². The first kappa shape index (κ1) is 13.8. The maximum atomic E-state index is 12.7. The van der Waals surface area contributed by atoms with Crippen molar-refractivity contribution in [3.63, 3.8) is 0 Å². The van der Waals surface area contributed by atoms with E-state index < -0.39 is 17.7 Å². The number of hydrogen-bond acceptors (Lipinski definition) is 4. The normalized spacial score (nSPS) is 25.8. The lowest BCUT2D eigenvalue weighted by Gasteiger charge is -2.21. The second-order valence-corrected chi connectivity index (χ2v) is 5.65. The Kier molecular flexibility index (Phi) is 2.74. The van der Waals surface area contributed by atoms with Crippen LogP contribution in [-0.4, -0.2) is 34.6 Å². The van der Waals surface area contributed by atoms with E-state index in [1.165, 1.54) is 17.0 Å². The summed E-state index contributed by atoms with van der Waals surface area (Å²) in [6.45, 7) is 0.